The topological polar surface area (TPSA) is 45.6 Å². The van der Waals surface area contributed by atoms with Crippen LogP contribution in [0.25, 0.3) is 0 Å². The number of thiazole rings is 1. The lowest BCUT2D eigenvalue weighted by molar-refractivity contribution is 0.106. The fraction of sp³-hybridized carbons (Fsp3) is 0.727. The first-order chi connectivity index (χ1) is 8.22. The number of halogens is 1. The van der Waals surface area contributed by atoms with Crippen LogP contribution in [0.5, 0.6) is 0 Å². The molecule has 6 heteroatoms. The molecule has 0 aliphatic carbocycles. The van der Waals surface area contributed by atoms with E-state index in [1.54, 1.807) is 18.4 Å². The molecule has 0 aliphatic heterocycles. The first kappa shape index (κ1) is 14.9. The molecule has 1 aromatic heterocycles. The van der Waals surface area contributed by atoms with Gasteiger partial charge in [0.2, 0.25) is 0 Å². The lowest BCUT2D eigenvalue weighted by Crippen LogP contribution is -2.32. The molecule has 0 fully saturated rings. The Morgan fingerprint density at radius 1 is 1.59 bits per heavy atom. The van der Waals surface area contributed by atoms with Gasteiger partial charge in [0.1, 0.15) is 5.01 Å². The Morgan fingerprint density at radius 2 is 2.35 bits per heavy atom. The smallest absolute Gasteiger partial charge is 0.110 e. The normalized spacial score (nSPS) is 13.2. The fourth-order valence-electron chi connectivity index (χ4n) is 1.57. The molecular formula is C11H19ClN2O2S. The van der Waals surface area contributed by atoms with Crippen molar-refractivity contribution in [2.75, 3.05) is 33.4 Å². The molecule has 0 aromatic carbocycles. The van der Waals surface area contributed by atoms with Crippen molar-refractivity contribution in [1.29, 1.82) is 0 Å². The van der Waals surface area contributed by atoms with E-state index in [1.165, 1.54) is 0 Å². The van der Waals surface area contributed by atoms with Crippen LogP contribution in [-0.2, 0) is 10.6 Å². The number of aliphatic hydroxyl groups is 1. The largest absolute Gasteiger partial charge is 0.395 e. The Hall–Kier alpha value is -0.200. The number of rotatable bonds is 8. The summed E-state index contributed by atoms with van der Waals surface area (Å²) in [5, 5.41) is 12.1. The third-order valence-electron chi connectivity index (χ3n) is 2.58. The van der Waals surface area contributed by atoms with E-state index >= 15 is 0 Å². The highest BCUT2D eigenvalue weighted by Gasteiger charge is 2.18. The van der Waals surface area contributed by atoms with Crippen LogP contribution in [0.2, 0.25) is 0 Å². The number of alkyl halides is 1. The summed E-state index contributed by atoms with van der Waals surface area (Å²) in [6.45, 7) is 4.29. The number of hydrogen-bond acceptors (Lipinski definition) is 5. The fourth-order valence-corrected chi connectivity index (χ4v) is 2.71. The second-order valence-corrected chi connectivity index (χ2v) is 4.90. The van der Waals surface area contributed by atoms with Crippen molar-refractivity contribution >= 4 is 22.9 Å². The number of aromatic nitrogens is 1. The van der Waals surface area contributed by atoms with Crippen LogP contribution in [0.15, 0.2) is 5.38 Å². The van der Waals surface area contributed by atoms with Gasteiger partial charge in [-0.3, -0.25) is 4.90 Å². The Morgan fingerprint density at radius 3 is 2.88 bits per heavy atom. The average Bonchev–Trinajstić information content (AvgIpc) is 2.82. The summed E-state index contributed by atoms with van der Waals surface area (Å²) in [5.41, 5.74) is 0.911. The Kier molecular flexibility index (Phi) is 6.99. The van der Waals surface area contributed by atoms with E-state index in [0.717, 1.165) is 17.2 Å². The molecule has 0 bridgehead atoms. The lowest BCUT2D eigenvalue weighted by atomic mass is 10.3. The minimum Gasteiger partial charge on any atom is -0.395 e. The van der Waals surface area contributed by atoms with E-state index in [1.807, 2.05) is 5.38 Å². The highest BCUT2D eigenvalue weighted by molar-refractivity contribution is 7.09. The third-order valence-corrected chi connectivity index (χ3v) is 3.92. The van der Waals surface area contributed by atoms with E-state index in [4.69, 9.17) is 21.4 Å². The zero-order chi connectivity index (χ0) is 12.7. The van der Waals surface area contributed by atoms with Crippen LogP contribution < -0.4 is 0 Å². The van der Waals surface area contributed by atoms with Crippen LogP contribution in [0.1, 0.15) is 23.7 Å². The van der Waals surface area contributed by atoms with E-state index in [0.29, 0.717) is 19.0 Å². The number of nitrogens with zero attached hydrogens (tertiary/aromatic N) is 2. The first-order valence-electron chi connectivity index (χ1n) is 5.57. The maximum absolute atomic E-state index is 9.06. The van der Waals surface area contributed by atoms with Gasteiger partial charge in [-0.15, -0.1) is 22.9 Å². The predicted molar refractivity (Wildman–Crippen MR) is 70.6 cm³/mol. The van der Waals surface area contributed by atoms with Gasteiger partial charge < -0.3 is 9.84 Å². The molecule has 1 unspecified atom stereocenters. The molecule has 0 radical (unpaired) electrons. The number of aliphatic hydroxyl groups excluding tert-OH is 1. The highest BCUT2D eigenvalue weighted by atomic mass is 35.5. The van der Waals surface area contributed by atoms with Crippen LogP contribution in [0.4, 0.5) is 0 Å². The van der Waals surface area contributed by atoms with Crippen LogP contribution in [0.3, 0.4) is 0 Å². The molecule has 98 valence electrons. The summed E-state index contributed by atoms with van der Waals surface area (Å²) < 4.78 is 5.07. The monoisotopic (exact) mass is 278 g/mol. The van der Waals surface area contributed by atoms with Gasteiger partial charge in [-0.05, 0) is 6.92 Å². The van der Waals surface area contributed by atoms with Crippen molar-refractivity contribution in [2.45, 2.75) is 18.8 Å². The molecule has 0 spiro atoms. The molecule has 1 aromatic rings. The zero-order valence-corrected chi connectivity index (χ0v) is 11.8. The van der Waals surface area contributed by atoms with Gasteiger partial charge in [-0.25, -0.2) is 4.98 Å². The van der Waals surface area contributed by atoms with E-state index in [9.17, 15) is 0 Å². The number of ether oxygens (including phenoxy) is 1. The number of methoxy groups -OCH3 is 1. The van der Waals surface area contributed by atoms with E-state index < -0.39 is 0 Å². The minimum absolute atomic E-state index is 0.141. The first-order valence-corrected chi connectivity index (χ1v) is 6.98. The Labute approximate surface area is 111 Å². The summed E-state index contributed by atoms with van der Waals surface area (Å²) >= 11 is 7.35. The molecule has 0 saturated heterocycles. The Balaban J connectivity index is 2.64. The molecule has 1 heterocycles. The average molecular weight is 279 g/mol. The van der Waals surface area contributed by atoms with Gasteiger partial charge in [0.05, 0.1) is 30.8 Å². The van der Waals surface area contributed by atoms with Crippen molar-refractivity contribution in [2.24, 2.45) is 0 Å². The molecule has 0 saturated carbocycles. The number of hydrogen-bond donors (Lipinski definition) is 1. The molecule has 1 rings (SSSR count). The SMILES string of the molecule is COCCN(CCO)C(C)c1nc(CCl)cs1. The minimum atomic E-state index is 0.141. The summed E-state index contributed by atoms with van der Waals surface area (Å²) in [7, 11) is 1.68. The van der Waals surface area contributed by atoms with E-state index in [2.05, 4.69) is 16.8 Å². The second kappa shape index (κ2) is 8.00. The van der Waals surface area contributed by atoms with Gasteiger partial charge in [-0.1, -0.05) is 0 Å². The van der Waals surface area contributed by atoms with Gasteiger partial charge in [0, 0.05) is 25.6 Å². The lowest BCUT2D eigenvalue weighted by Gasteiger charge is -2.26. The van der Waals surface area contributed by atoms with Crippen molar-refractivity contribution < 1.29 is 9.84 Å². The van der Waals surface area contributed by atoms with Gasteiger partial charge >= 0.3 is 0 Å². The summed E-state index contributed by atoms with van der Waals surface area (Å²) in [4.78, 5) is 6.62. The maximum atomic E-state index is 9.06. The van der Waals surface area contributed by atoms with Crippen LogP contribution >= 0.6 is 22.9 Å². The summed E-state index contributed by atoms with van der Waals surface area (Å²) in [6, 6.07) is 0.180. The molecule has 4 nitrogen and oxygen atoms in total. The molecule has 0 amide bonds. The van der Waals surface area contributed by atoms with Crippen LogP contribution in [-0.4, -0.2) is 48.4 Å². The van der Waals surface area contributed by atoms with Gasteiger partial charge in [-0.2, -0.15) is 0 Å². The maximum Gasteiger partial charge on any atom is 0.110 e. The van der Waals surface area contributed by atoms with Crippen LogP contribution in [0, 0.1) is 0 Å². The van der Waals surface area contributed by atoms with Gasteiger partial charge in [0.15, 0.2) is 0 Å². The third kappa shape index (κ3) is 4.52. The van der Waals surface area contributed by atoms with Crippen molar-refractivity contribution in [3.05, 3.63) is 16.1 Å². The quantitative estimate of drug-likeness (QED) is 0.738. The Bertz CT molecular complexity index is 322. The highest BCUT2D eigenvalue weighted by Crippen LogP contribution is 2.23. The standard InChI is InChI=1S/C11H19ClN2O2S/c1-9(11-13-10(7-12)8-17-11)14(3-5-15)4-6-16-2/h8-9,15H,3-7H2,1-2H3. The van der Waals surface area contributed by atoms with Crippen molar-refractivity contribution in [3.8, 4) is 0 Å². The van der Waals surface area contributed by atoms with Crippen molar-refractivity contribution in [1.82, 2.24) is 9.88 Å². The van der Waals surface area contributed by atoms with E-state index in [-0.39, 0.29) is 12.6 Å². The molecule has 1 N–H and O–H groups in total. The van der Waals surface area contributed by atoms with Gasteiger partial charge in [0.25, 0.3) is 0 Å². The predicted octanol–water partition coefficient (Wildman–Crippen LogP) is 1.88. The zero-order valence-electron chi connectivity index (χ0n) is 10.2. The second-order valence-electron chi connectivity index (χ2n) is 3.74. The summed E-state index contributed by atoms with van der Waals surface area (Å²) in [6.07, 6.45) is 0. The molecular weight excluding hydrogens is 260 g/mol. The molecule has 17 heavy (non-hydrogen) atoms. The molecule has 0 aliphatic rings. The molecule has 1 atom stereocenters. The summed E-state index contributed by atoms with van der Waals surface area (Å²) in [5.74, 6) is 0.446. The van der Waals surface area contributed by atoms with Crippen molar-refractivity contribution in [3.63, 3.8) is 0 Å².